The van der Waals surface area contributed by atoms with E-state index in [-0.39, 0.29) is 17.2 Å². The van der Waals surface area contributed by atoms with Crippen molar-refractivity contribution < 1.29 is 20.1 Å². The van der Waals surface area contributed by atoms with Crippen molar-refractivity contribution >= 4 is 0 Å². The largest absolute Gasteiger partial charge is 0.508 e. The summed E-state index contributed by atoms with van der Waals surface area (Å²) >= 11 is 0. The highest BCUT2D eigenvalue weighted by Crippen LogP contribution is 2.26. The minimum absolute atomic E-state index is 0.00746. The van der Waals surface area contributed by atoms with Gasteiger partial charge in [0.15, 0.2) is 11.5 Å². The average Bonchev–Trinajstić information content (AvgIpc) is 2.35. The normalized spacial score (nSPS) is 9.53. The number of hydrogen-bond donors (Lipinski definition) is 3. The third-order valence-electron chi connectivity index (χ3n) is 2.43. The molecule has 0 aliphatic carbocycles. The maximum absolute atomic E-state index is 9.60. The van der Waals surface area contributed by atoms with Crippen molar-refractivity contribution in [2.24, 2.45) is 0 Å². The van der Waals surface area contributed by atoms with E-state index in [9.17, 15) is 15.3 Å². The van der Waals surface area contributed by atoms with Crippen LogP contribution < -0.4 is 4.74 Å². The second kappa shape index (κ2) is 5.23. The zero-order valence-corrected chi connectivity index (χ0v) is 10.2. The van der Waals surface area contributed by atoms with Crippen LogP contribution >= 0.6 is 0 Å². The molecule has 2 aromatic rings. The molecule has 0 fully saturated rings. The maximum Gasteiger partial charge on any atom is 0.160 e. The van der Waals surface area contributed by atoms with Gasteiger partial charge < -0.3 is 20.1 Å². The highest BCUT2D eigenvalue weighted by atomic mass is 16.5. The summed E-state index contributed by atoms with van der Waals surface area (Å²) in [6.07, 6.45) is 0. The summed E-state index contributed by atoms with van der Waals surface area (Å²) in [6, 6.07) is 8.90. The maximum atomic E-state index is 9.60. The van der Waals surface area contributed by atoms with Crippen molar-refractivity contribution in [2.75, 3.05) is 7.11 Å². The van der Waals surface area contributed by atoms with Crippen molar-refractivity contribution in [3.05, 3.63) is 47.5 Å². The van der Waals surface area contributed by atoms with Crippen LogP contribution in [0.3, 0.4) is 0 Å². The molecule has 0 amide bonds. The van der Waals surface area contributed by atoms with E-state index in [0.717, 1.165) is 0 Å². The first-order valence-electron chi connectivity index (χ1n) is 5.50. The molecule has 0 aliphatic heterocycles. The van der Waals surface area contributed by atoms with E-state index in [0.29, 0.717) is 16.9 Å². The third kappa shape index (κ3) is 3.11. The van der Waals surface area contributed by atoms with E-state index in [2.05, 4.69) is 11.8 Å². The molecule has 0 atom stereocenters. The van der Waals surface area contributed by atoms with Gasteiger partial charge in [-0.25, -0.2) is 0 Å². The molecule has 2 rings (SSSR count). The van der Waals surface area contributed by atoms with Crippen LogP contribution in [0.15, 0.2) is 36.4 Å². The minimum Gasteiger partial charge on any atom is -0.508 e. The molecule has 4 nitrogen and oxygen atoms in total. The summed E-state index contributed by atoms with van der Waals surface area (Å²) in [5.41, 5.74) is 1.08. The summed E-state index contributed by atoms with van der Waals surface area (Å²) in [5.74, 6) is 5.88. The Labute approximate surface area is 110 Å². The summed E-state index contributed by atoms with van der Waals surface area (Å²) in [6.45, 7) is 0. The van der Waals surface area contributed by atoms with Crippen LogP contribution in [0.25, 0.3) is 0 Å². The van der Waals surface area contributed by atoms with Crippen molar-refractivity contribution in [1.29, 1.82) is 0 Å². The predicted molar refractivity (Wildman–Crippen MR) is 70.4 cm³/mol. The fourth-order valence-corrected chi connectivity index (χ4v) is 1.58. The van der Waals surface area contributed by atoms with Crippen molar-refractivity contribution in [1.82, 2.24) is 0 Å². The molecule has 0 saturated carbocycles. The molecule has 0 aliphatic rings. The highest BCUT2D eigenvalue weighted by molar-refractivity contribution is 5.51. The fourth-order valence-electron chi connectivity index (χ4n) is 1.58. The Morgan fingerprint density at radius 2 is 1.47 bits per heavy atom. The molecular weight excluding hydrogens is 244 g/mol. The Balaban J connectivity index is 2.31. The van der Waals surface area contributed by atoms with Gasteiger partial charge in [-0.05, 0) is 30.3 Å². The van der Waals surface area contributed by atoms with Gasteiger partial charge in [0.1, 0.15) is 11.5 Å². The summed E-state index contributed by atoms with van der Waals surface area (Å²) < 4.78 is 4.93. The Bertz CT molecular complexity index is 645. The van der Waals surface area contributed by atoms with Crippen LogP contribution in [0.2, 0.25) is 0 Å². The lowest BCUT2D eigenvalue weighted by Gasteiger charge is -2.02. The number of ether oxygens (including phenoxy) is 1. The number of phenolic OH excluding ortho intramolecular Hbond substituents is 3. The van der Waals surface area contributed by atoms with E-state index in [1.165, 1.54) is 31.4 Å². The fraction of sp³-hybridized carbons (Fsp3) is 0.0667. The number of rotatable bonds is 1. The number of hydrogen-bond acceptors (Lipinski definition) is 4. The monoisotopic (exact) mass is 256 g/mol. The molecule has 0 unspecified atom stereocenters. The smallest absolute Gasteiger partial charge is 0.160 e. The molecule has 0 saturated heterocycles. The average molecular weight is 256 g/mol. The van der Waals surface area contributed by atoms with Crippen LogP contribution in [0.5, 0.6) is 23.0 Å². The van der Waals surface area contributed by atoms with E-state index in [1.807, 2.05) is 0 Å². The Kier molecular flexibility index (Phi) is 3.48. The topological polar surface area (TPSA) is 69.9 Å². The standard InChI is InChI=1S/C15H12O4/c1-19-15-5-4-10(8-14(15)18)2-3-11-6-12(16)9-13(17)7-11/h4-9,16-18H,1H3. The Morgan fingerprint density at radius 1 is 0.842 bits per heavy atom. The first kappa shape index (κ1) is 12.7. The molecule has 0 bridgehead atoms. The van der Waals surface area contributed by atoms with Crippen LogP contribution in [0.4, 0.5) is 0 Å². The second-order valence-corrected chi connectivity index (χ2v) is 3.87. The molecule has 0 spiro atoms. The van der Waals surface area contributed by atoms with Gasteiger partial charge in [0, 0.05) is 17.2 Å². The molecule has 0 aromatic heterocycles. The third-order valence-corrected chi connectivity index (χ3v) is 2.43. The number of aromatic hydroxyl groups is 3. The van der Waals surface area contributed by atoms with Crippen molar-refractivity contribution in [3.8, 4) is 34.8 Å². The van der Waals surface area contributed by atoms with Crippen molar-refractivity contribution in [3.63, 3.8) is 0 Å². The van der Waals surface area contributed by atoms with E-state index >= 15 is 0 Å². The van der Waals surface area contributed by atoms with Crippen LogP contribution in [-0.4, -0.2) is 22.4 Å². The predicted octanol–water partition coefficient (Wildman–Crippen LogP) is 2.21. The minimum atomic E-state index is -0.0538. The lowest BCUT2D eigenvalue weighted by molar-refractivity contribution is 0.373. The number of phenols is 3. The molecule has 96 valence electrons. The van der Waals surface area contributed by atoms with E-state index in [4.69, 9.17) is 4.74 Å². The summed E-state index contributed by atoms with van der Waals surface area (Å²) in [5, 5.41) is 28.2. The molecular formula is C15H12O4. The van der Waals surface area contributed by atoms with Crippen molar-refractivity contribution in [2.45, 2.75) is 0 Å². The van der Waals surface area contributed by atoms with E-state index < -0.39 is 0 Å². The second-order valence-electron chi connectivity index (χ2n) is 3.87. The van der Waals surface area contributed by atoms with Gasteiger partial charge in [0.2, 0.25) is 0 Å². The summed E-state index contributed by atoms with van der Waals surface area (Å²) in [4.78, 5) is 0. The van der Waals surface area contributed by atoms with Crippen LogP contribution in [0, 0.1) is 11.8 Å². The Hall–Kier alpha value is -2.80. The Morgan fingerprint density at radius 3 is 2.05 bits per heavy atom. The van der Waals surface area contributed by atoms with Gasteiger partial charge >= 0.3 is 0 Å². The molecule has 3 N–H and O–H groups in total. The van der Waals surface area contributed by atoms with E-state index in [1.54, 1.807) is 12.1 Å². The van der Waals surface area contributed by atoms with Crippen LogP contribution in [0.1, 0.15) is 11.1 Å². The molecule has 2 aromatic carbocycles. The SMILES string of the molecule is COc1ccc(C#Cc2cc(O)cc(O)c2)cc1O. The highest BCUT2D eigenvalue weighted by Gasteiger charge is 2.00. The lowest BCUT2D eigenvalue weighted by atomic mass is 10.1. The van der Waals surface area contributed by atoms with Gasteiger partial charge in [0.25, 0.3) is 0 Å². The van der Waals surface area contributed by atoms with Gasteiger partial charge in [-0.1, -0.05) is 11.8 Å². The van der Waals surface area contributed by atoms with Crippen LogP contribution in [-0.2, 0) is 0 Å². The molecule has 4 heteroatoms. The van der Waals surface area contributed by atoms with Gasteiger partial charge in [0.05, 0.1) is 7.11 Å². The van der Waals surface area contributed by atoms with Gasteiger partial charge in [-0.2, -0.15) is 0 Å². The first-order chi connectivity index (χ1) is 9.08. The quantitative estimate of drug-likeness (QED) is 0.684. The molecule has 0 radical (unpaired) electrons. The zero-order valence-electron chi connectivity index (χ0n) is 10.2. The number of methoxy groups -OCH3 is 1. The zero-order chi connectivity index (χ0) is 13.8. The van der Waals surface area contributed by atoms with Gasteiger partial charge in [-0.3, -0.25) is 0 Å². The molecule has 19 heavy (non-hydrogen) atoms. The first-order valence-corrected chi connectivity index (χ1v) is 5.50. The van der Waals surface area contributed by atoms with Gasteiger partial charge in [-0.15, -0.1) is 0 Å². The summed E-state index contributed by atoms with van der Waals surface area (Å²) in [7, 11) is 1.47. The lowest BCUT2D eigenvalue weighted by Crippen LogP contribution is -1.84. The molecule has 0 heterocycles. The number of benzene rings is 2.